The van der Waals surface area contributed by atoms with Crippen LogP contribution in [0.15, 0.2) is 0 Å². The van der Waals surface area contributed by atoms with Gasteiger partial charge < -0.3 is 0 Å². The fraction of sp³-hybridized carbons (Fsp3) is 0. The predicted molar refractivity (Wildman–Crippen MR) is 7.97 cm³/mol. The molecule has 7 heavy (non-hydrogen) atoms. The van der Waals surface area contributed by atoms with Gasteiger partial charge in [-0.15, -0.1) is 0 Å². The zero-order valence-electron chi connectivity index (χ0n) is 3.55. The topological polar surface area (TPSA) is 89.4 Å². The van der Waals surface area contributed by atoms with E-state index in [2.05, 4.69) is 0 Å². The molecule has 0 aromatic carbocycles. The van der Waals surface area contributed by atoms with E-state index in [1.807, 2.05) is 0 Å². The van der Waals surface area contributed by atoms with Crippen molar-refractivity contribution in [3.63, 3.8) is 0 Å². The largest absolute Gasteiger partial charge is 0.183 e. The van der Waals surface area contributed by atoms with Gasteiger partial charge in [-0.05, 0) is 0 Å². The summed E-state index contributed by atoms with van der Waals surface area (Å²) in [6.07, 6.45) is 0. The molecule has 0 aliphatic carbocycles. The van der Waals surface area contributed by atoms with Crippen LogP contribution in [0.3, 0.4) is 0 Å². The summed E-state index contributed by atoms with van der Waals surface area (Å²) in [7, 11) is -4.69. The summed E-state index contributed by atoms with van der Waals surface area (Å²) >= 11 is 0. The van der Waals surface area contributed by atoms with E-state index in [4.69, 9.17) is 18.6 Å². The summed E-state index contributed by atoms with van der Waals surface area (Å²) in [4.78, 5) is 0. The molecule has 1 N–H and O–H groups in total. The van der Waals surface area contributed by atoms with Crippen LogP contribution in [0.2, 0.25) is 0 Å². The van der Waals surface area contributed by atoms with Crippen molar-refractivity contribution < 1.29 is 50.6 Å². The predicted octanol–water partition coefficient (Wildman–Crippen LogP) is -4.51. The third-order valence-electron chi connectivity index (χ3n) is 0. The fourth-order valence-electron chi connectivity index (χ4n) is 0. The minimum atomic E-state index is -4.69. The third kappa shape index (κ3) is 57.9. The maximum absolute atomic E-state index is 8.60. The monoisotopic (exact) mass is 187 g/mol. The van der Waals surface area contributed by atoms with Gasteiger partial charge in [0.15, 0.2) is 0 Å². The van der Waals surface area contributed by atoms with E-state index in [1.54, 1.807) is 0 Å². The molecule has 0 unspecified atom stereocenters. The van der Waals surface area contributed by atoms with Crippen molar-refractivity contribution in [2.24, 2.45) is 0 Å². The van der Waals surface area contributed by atoms with Gasteiger partial charge in [0.25, 0.3) is 0 Å². The second kappa shape index (κ2) is 6.60. The molecule has 7 heteroatoms. The Morgan fingerprint density at radius 2 is 1.14 bits per heavy atom. The Bertz CT molecular complexity index is 27.2. The Balaban J connectivity index is -0.0000000800. The molecule has 0 rings (SSSR count). The summed E-state index contributed by atoms with van der Waals surface area (Å²) in [5.74, 6) is 0. The third-order valence-corrected chi connectivity index (χ3v) is 0. The van der Waals surface area contributed by atoms with Crippen molar-refractivity contribution in [3.05, 3.63) is 0 Å². The second-order valence-electron chi connectivity index (χ2n) is 0.396. The maximum Gasteiger partial charge on any atom is 0.0777 e. The minimum absolute atomic E-state index is 0. The van der Waals surface area contributed by atoms with Crippen molar-refractivity contribution in [2.45, 2.75) is 0 Å². The van der Waals surface area contributed by atoms with Crippen LogP contribution >= 0.6 is 0 Å². The van der Waals surface area contributed by atoms with E-state index in [1.165, 1.54) is 0 Å². The van der Waals surface area contributed by atoms with Gasteiger partial charge in [0.05, 0.1) is 14.9 Å². The maximum atomic E-state index is 8.60. The van der Waals surface area contributed by atoms with Gasteiger partial charge in [0.2, 0.25) is 0 Å². The molecule has 0 atom stereocenters. The fourth-order valence-corrected chi connectivity index (χ4v) is 0. The number of hydrogen-bond acceptors (Lipinski definition) is 4. The zero-order valence-corrected chi connectivity index (χ0v) is 8.99. The molecule has 0 bridgehead atoms. The first-order valence-corrected chi connectivity index (χ1v) is 1.90. The van der Waals surface area contributed by atoms with Crippen molar-refractivity contribution >= 4 is 51.4 Å². The first kappa shape index (κ1) is 16.2. The van der Waals surface area contributed by atoms with Gasteiger partial charge >= 0.3 is 0 Å². The average molecular weight is 187 g/mol. The van der Waals surface area contributed by atoms with Crippen LogP contribution in [-0.4, -0.2) is 56.0 Å². The van der Waals surface area contributed by atoms with Crippen LogP contribution in [0.25, 0.3) is 0 Å². The molecule has 0 aliphatic heterocycles. The Morgan fingerprint density at radius 1 is 1.14 bits per heavy atom. The van der Waals surface area contributed by atoms with Gasteiger partial charge in [0.1, 0.15) is 0 Å². The smallest absolute Gasteiger partial charge is 0.0777 e. The Hall–Kier alpha value is 2.48. The van der Waals surface area contributed by atoms with Gasteiger partial charge in [-0.3, -0.25) is 0 Å². The molecule has 0 amide bonds. The molecule has 37 valence electrons. The molecule has 0 spiro atoms. The molecule has 0 aromatic rings. The molecule has 0 aliphatic rings. The number of halogens is 1. The van der Waals surface area contributed by atoms with Gasteiger partial charge in [-0.25, -0.2) is 0 Å². The van der Waals surface area contributed by atoms with E-state index in [9.17, 15) is 0 Å². The minimum Gasteiger partial charge on any atom is -0.183 e. The first-order valence-electron chi connectivity index (χ1n) is 0.632. The van der Waals surface area contributed by atoms with E-state index >= 15 is 0 Å². The summed E-state index contributed by atoms with van der Waals surface area (Å²) in [6.45, 7) is 0. The van der Waals surface area contributed by atoms with Crippen LogP contribution in [0.5, 0.6) is 0 Å². The quantitative estimate of drug-likeness (QED) is 0.387. The second-order valence-corrected chi connectivity index (χ2v) is 1.19. The molecular formula is HClKO4Ti. The van der Waals surface area contributed by atoms with E-state index < -0.39 is 10.2 Å². The van der Waals surface area contributed by atoms with E-state index in [-0.39, 0.29) is 73.1 Å². The Kier molecular flexibility index (Phi) is 15.3. The summed E-state index contributed by atoms with van der Waals surface area (Å²) in [5, 5.41) is 0. The molecule has 0 fully saturated rings. The van der Waals surface area contributed by atoms with Gasteiger partial charge in [-0.1, -0.05) is 0 Å². The molecule has 0 saturated carbocycles. The molecule has 0 saturated heterocycles. The number of rotatable bonds is 0. The molecule has 0 aromatic heterocycles. The SMILES string of the molecule is [K].[O-][Cl+3]([O-])([O-])O.[Ti]. The Labute approximate surface area is 99.9 Å². The van der Waals surface area contributed by atoms with Gasteiger partial charge in [0, 0.05) is 73.1 Å². The molecule has 4 nitrogen and oxygen atoms in total. The van der Waals surface area contributed by atoms with Crippen molar-refractivity contribution in [1.82, 2.24) is 0 Å². The van der Waals surface area contributed by atoms with E-state index in [0.29, 0.717) is 0 Å². The van der Waals surface area contributed by atoms with Crippen LogP contribution in [0, 0.1) is 10.2 Å². The normalized spacial score (nSPS) is 8.57. The van der Waals surface area contributed by atoms with Crippen molar-refractivity contribution in [3.8, 4) is 0 Å². The van der Waals surface area contributed by atoms with Crippen molar-refractivity contribution in [1.29, 1.82) is 0 Å². The van der Waals surface area contributed by atoms with Crippen LogP contribution in [-0.2, 0) is 21.7 Å². The summed E-state index contributed by atoms with van der Waals surface area (Å²) in [6, 6.07) is 0. The van der Waals surface area contributed by atoms with Crippen LogP contribution in [0.1, 0.15) is 0 Å². The van der Waals surface area contributed by atoms with Crippen molar-refractivity contribution in [2.75, 3.05) is 0 Å². The first-order chi connectivity index (χ1) is 2.00. The summed E-state index contributed by atoms with van der Waals surface area (Å²) in [5.41, 5.74) is 0. The van der Waals surface area contributed by atoms with Gasteiger partial charge in [-0.2, -0.15) is 14.0 Å². The average Bonchev–Trinajstić information content (AvgIpc) is 0.722. The Morgan fingerprint density at radius 3 is 1.14 bits per heavy atom. The molecule has 0 heterocycles. The van der Waals surface area contributed by atoms with Crippen LogP contribution < -0.4 is 14.0 Å². The molecular weight excluding hydrogens is 186 g/mol. The summed E-state index contributed by atoms with van der Waals surface area (Å²) < 4.78 is 32.7. The van der Waals surface area contributed by atoms with E-state index in [0.717, 1.165) is 0 Å². The standard InChI is InChI=1S/ClHO4.K.Ti/c2-1(3,4)5;;/h(H,2,3,4,5);;. The van der Waals surface area contributed by atoms with Crippen LogP contribution in [0.4, 0.5) is 0 Å². The molecule has 1 radical (unpaired) electrons. The number of hydrogen-bond donors (Lipinski definition) is 1. The zero-order chi connectivity index (χ0) is 4.50.